The summed E-state index contributed by atoms with van der Waals surface area (Å²) >= 11 is 1.32. The van der Waals surface area contributed by atoms with E-state index in [4.69, 9.17) is 0 Å². The van der Waals surface area contributed by atoms with Crippen molar-refractivity contribution in [3.63, 3.8) is 0 Å². The average molecular weight is 441 g/mol. The van der Waals surface area contributed by atoms with Gasteiger partial charge in [0.1, 0.15) is 0 Å². The number of fused-ring (bicyclic) bond motifs is 3. The van der Waals surface area contributed by atoms with E-state index in [-0.39, 0.29) is 17.1 Å². The van der Waals surface area contributed by atoms with E-state index >= 15 is 0 Å². The van der Waals surface area contributed by atoms with Crippen molar-refractivity contribution in [3.05, 3.63) is 99.8 Å². The molecule has 0 unspecified atom stereocenters. The molecule has 5 rings (SSSR count). The number of para-hydroxylation sites is 1. The summed E-state index contributed by atoms with van der Waals surface area (Å²) in [6, 6.07) is 22.5. The Morgan fingerprint density at radius 2 is 1.69 bits per heavy atom. The van der Waals surface area contributed by atoms with Crippen LogP contribution in [0, 0.1) is 13.8 Å². The summed E-state index contributed by atoms with van der Waals surface area (Å²) in [6.07, 6.45) is 0. The lowest BCUT2D eigenvalue weighted by molar-refractivity contribution is 0.102. The lowest BCUT2D eigenvalue weighted by Crippen LogP contribution is -2.22. The Kier molecular flexibility index (Phi) is 5.11. The molecule has 0 amide bonds. The average Bonchev–Trinajstić information content (AvgIpc) is 3.23. The number of carbonyl (C=O) groups is 1. The zero-order chi connectivity index (χ0) is 22.2. The minimum Gasteiger partial charge on any atom is -0.293 e. The van der Waals surface area contributed by atoms with Crippen LogP contribution in [0.25, 0.3) is 22.4 Å². The molecule has 0 radical (unpaired) electrons. The van der Waals surface area contributed by atoms with Gasteiger partial charge in [-0.3, -0.25) is 14.0 Å². The summed E-state index contributed by atoms with van der Waals surface area (Å²) in [5.41, 5.74) is 4.08. The van der Waals surface area contributed by atoms with Gasteiger partial charge >= 0.3 is 0 Å². The summed E-state index contributed by atoms with van der Waals surface area (Å²) in [4.78, 5) is 26.1. The van der Waals surface area contributed by atoms with Crippen molar-refractivity contribution in [2.75, 3.05) is 5.75 Å². The third kappa shape index (κ3) is 3.40. The number of ketones is 1. The molecule has 2 aromatic heterocycles. The highest BCUT2D eigenvalue weighted by molar-refractivity contribution is 7.99. The van der Waals surface area contributed by atoms with Crippen LogP contribution in [0.1, 0.15) is 21.5 Å². The fourth-order valence-corrected chi connectivity index (χ4v) is 4.72. The molecule has 0 aliphatic rings. The van der Waals surface area contributed by atoms with Gasteiger partial charge < -0.3 is 0 Å². The fraction of sp³-hybridized carbons (Fsp3) is 0.120. The standard InChI is InChI=1S/C25H20N4O2S/c1-16-12-13-20(17(2)14-16)28-23(31)19-10-6-7-11-21(19)29-24(28)26-27-25(29)32-15-22(30)18-8-4-3-5-9-18/h3-14H,15H2,1-2H3. The van der Waals surface area contributed by atoms with Gasteiger partial charge in [-0.25, -0.2) is 4.57 Å². The van der Waals surface area contributed by atoms with Crippen molar-refractivity contribution >= 4 is 34.2 Å². The first kappa shape index (κ1) is 20.2. The predicted molar refractivity (Wildman–Crippen MR) is 127 cm³/mol. The van der Waals surface area contributed by atoms with Gasteiger partial charge in [0.25, 0.3) is 5.56 Å². The Balaban J connectivity index is 1.68. The van der Waals surface area contributed by atoms with Crippen LogP contribution >= 0.6 is 11.8 Å². The van der Waals surface area contributed by atoms with Crippen LogP contribution in [0.5, 0.6) is 0 Å². The Labute approximate surface area is 188 Å². The van der Waals surface area contributed by atoms with E-state index < -0.39 is 0 Å². The third-order valence-electron chi connectivity index (χ3n) is 5.42. The van der Waals surface area contributed by atoms with Crippen LogP contribution < -0.4 is 5.56 Å². The van der Waals surface area contributed by atoms with Crippen molar-refractivity contribution in [1.82, 2.24) is 19.2 Å². The quantitative estimate of drug-likeness (QED) is 0.295. The van der Waals surface area contributed by atoms with Gasteiger partial charge in [0.05, 0.1) is 22.3 Å². The summed E-state index contributed by atoms with van der Waals surface area (Å²) < 4.78 is 3.46. The number of rotatable bonds is 5. The summed E-state index contributed by atoms with van der Waals surface area (Å²) in [5.74, 6) is 0.664. The first-order chi connectivity index (χ1) is 15.5. The molecule has 5 aromatic rings. The SMILES string of the molecule is Cc1ccc(-n2c(=O)c3ccccc3n3c(SCC(=O)c4ccccc4)nnc23)c(C)c1. The Bertz CT molecular complexity index is 1540. The molecule has 0 saturated carbocycles. The molecule has 0 aliphatic carbocycles. The lowest BCUT2D eigenvalue weighted by Gasteiger charge is -2.13. The van der Waals surface area contributed by atoms with E-state index in [1.54, 1.807) is 22.8 Å². The van der Waals surface area contributed by atoms with Crippen LogP contribution in [0.15, 0.2) is 82.7 Å². The fourth-order valence-electron chi connectivity index (χ4n) is 3.88. The second kappa shape index (κ2) is 8.09. The van der Waals surface area contributed by atoms with Gasteiger partial charge in [0, 0.05) is 5.56 Å². The first-order valence-corrected chi connectivity index (χ1v) is 11.2. The van der Waals surface area contributed by atoms with Crippen molar-refractivity contribution < 1.29 is 4.79 Å². The minimum atomic E-state index is -0.149. The van der Waals surface area contributed by atoms with Crippen LogP contribution in [0.2, 0.25) is 0 Å². The molecule has 0 N–H and O–H groups in total. The number of benzene rings is 3. The van der Waals surface area contributed by atoms with Crippen LogP contribution in [0.3, 0.4) is 0 Å². The van der Waals surface area contributed by atoms with Crippen LogP contribution in [0.4, 0.5) is 0 Å². The van der Waals surface area contributed by atoms with E-state index in [0.29, 0.717) is 27.4 Å². The molecule has 0 spiro atoms. The predicted octanol–water partition coefficient (Wildman–Crippen LogP) is 4.63. The zero-order valence-electron chi connectivity index (χ0n) is 17.6. The van der Waals surface area contributed by atoms with Crippen molar-refractivity contribution in [1.29, 1.82) is 0 Å². The molecule has 0 saturated heterocycles. The number of Topliss-reactive ketones (excluding diaryl/α,β-unsaturated/α-hetero) is 1. The molecule has 0 atom stereocenters. The molecule has 32 heavy (non-hydrogen) atoms. The number of nitrogens with zero attached hydrogens (tertiary/aromatic N) is 4. The number of aromatic nitrogens is 4. The topological polar surface area (TPSA) is 69.3 Å². The molecule has 2 heterocycles. The Morgan fingerprint density at radius 1 is 0.938 bits per heavy atom. The highest BCUT2D eigenvalue weighted by Crippen LogP contribution is 2.25. The zero-order valence-corrected chi connectivity index (χ0v) is 18.5. The smallest absolute Gasteiger partial charge is 0.267 e. The molecule has 0 fully saturated rings. The summed E-state index contributed by atoms with van der Waals surface area (Å²) in [6.45, 7) is 4.00. The molecule has 0 bridgehead atoms. The highest BCUT2D eigenvalue weighted by atomic mass is 32.2. The first-order valence-electron chi connectivity index (χ1n) is 10.2. The van der Waals surface area contributed by atoms with Crippen molar-refractivity contribution in [3.8, 4) is 5.69 Å². The largest absolute Gasteiger partial charge is 0.293 e. The molecular weight excluding hydrogens is 420 g/mol. The number of carbonyl (C=O) groups excluding carboxylic acids is 1. The number of aryl methyl sites for hydroxylation is 2. The second-order valence-corrected chi connectivity index (χ2v) is 8.59. The van der Waals surface area contributed by atoms with E-state index in [1.807, 2.05) is 72.8 Å². The molecule has 0 aliphatic heterocycles. The van der Waals surface area contributed by atoms with Gasteiger partial charge in [-0.2, -0.15) is 0 Å². The van der Waals surface area contributed by atoms with Gasteiger partial charge in [-0.15, -0.1) is 10.2 Å². The maximum atomic E-state index is 13.5. The monoisotopic (exact) mass is 440 g/mol. The van der Waals surface area contributed by atoms with Crippen LogP contribution in [-0.4, -0.2) is 30.7 Å². The van der Waals surface area contributed by atoms with E-state index in [0.717, 1.165) is 16.8 Å². The maximum absolute atomic E-state index is 13.5. The molecule has 7 heteroatoms. The second-order valence-electron chi connectivity index (χ2n) is 7.64. The third-order valence-corrected chi connectivity index (χ3v) is 6.35. The number of thioether (sulfide) groups is 1. The highest BCUT2D eigenvalue weighted by Gasteiger charge is 2.19. The van der Waals surface area contributed by atoms with E-state index in [2.05, 4.69) is 10.2 Å². The number of hydrogen-bond donors (Lipinski definition) is 0. The molecule has 3 aromatic carbocycles. The molecule has 158 valence electrons. The molecule has 6 nitrogen and oxygen atoms in total. The van der Waals surface area contributed by atoms with Gasteiger partial charge in [0.2, 0.25) is 5.78 Å². The van der Waals surface area contributed by atoms with E-state index in [9.17, 15) is 9.59 Å². The normalized spacial score (nSPS) is 11.3. The molecular formula is C25H20N4O2S. The van der Waals surface area contributed by atoms with Gasteiger partial charge in [0.15, 0.2) is 10.9 Å². The minimum absolute atomic E-state index is 0.0133. The summed E-state index contributed by atoms with van der Waals surface area (Å²) in [5, 5.41) is 9.85. The van der Waals surface area contributed by atoms with Gasteiger partial charge in [-0.05, 0) is 37.6 Å². The Hall–Kier alpha value is -3.71. The van der Waals surface area contributed by atoms with E-state index in [1.165, 1.54) is 11.8 Å². The van der Waals surface area contributed by atoms with Crippen LogP contribution in [-0.2, 0) is 0 Å². The van der Waals surface area contributed by atoms with Gasteiger partial charge in [-0.1, -0.05) is 71.9 Å². The maximum Gasteiger partial charge on any atom is 0.267 e. The lowest BCUT2D eigenvalue weighted by atomic mass is 10.1. The van der Waals surface area contributed by atoms with Crippen molar-refractivity contribution in [2.45, 2.75) is 19.0 Å². The Morgan fingerprint density at radius 3 is 2.47 bits per heavy atom. The summed E-state index contributed by atoms with van der Waals surface area (Å²) in [7, 11) is 0. The number of hydrogen-bond acceptors (Lipinski definition) is 5. The van der Waals surface area contributed by atoms with Crippen molar-refractivity contribution in [2.24, 2.45) is 0 Å².